The van der Waals surface area contributed by atoms with E-state index in [4.69, 9.17) is 9.47 Å². The zero-order chi connectivity index (χ0) is 28.0. The first kappa shape index (κ1) is 27.4. The molecule has 204 valence electrons. The molecule has 2 atom stereocenters. The number of halogens is 1. The van der Waals surface area contributed by atoms with E-state index in [9.17, 15) is 28.7 Å². The summed E-state index contributed by atoms with van der Waals surface area (Å²) in [6.45, 7) is 1.33. The van der Waals surface area contributed by atoms with Crippen LogP contribution in [0.2, 0.25) is 0 Å². The SMILES string of the molecule is COC12CCC(N(C)C(=O)C(=O)N(C)C)(CO1)c1nc(C(=O)CCc3ccc(F)c(C)c3)c(O)c(=O)n1C2. The Bertz CT molecular complexity index is 1360. The van der Waals surface area contributed by atoms with Gasteiger partial charge in [0.25, 0.3) is 5.56 Å². The van der Waals surface area contributed by atoms with Gasteiger partial charge in [0, 0.05) is 41.1 Å². The van der Waals surface area contributed by atoms with Crippen LogP contribution in [0, 0.1) is 12.7 Å². The minimum atomic E-state index is -1.38. The van der Waals surface area contributed by atoms with Gasteiger partial charge < -0.3 is 24.4 Å². The number of rotatable bonds is 6. The van der Waals surface area contributed by atoms with E-state index in [-0.39, 0.29) is 50.5 Å². The molecule has 2 amide bonds. The smallest absolute Gasteiger partial charge is 0.312 e. The van der Waals surface area contributed by atoms with Crippen LogP contribution in [-0.4, -0.2) is 82.7 Å². The molecular weight excluding hydrogens is 499 g/mol. The molecule has 3 aliphatic rings. The van der Waals surface area contributed by atoms with Crippen molar-refractivity contribution >= 4 is 17.6 Å². The van der Waals surface area contributed by atoms with Gasteiger partial charge in [0.05, 0.1) is 13.2 Å². The van der Waals surface area contributed by atoms with Crippen LogP contribution in [0.4, 0.5) is 4.39 Å². The molecule has 1 aromatic heterocycles. The molecule has 4 heterocycles. The van der Waals surface area contributed by atoms with Crippen LogP contribution in [0.3, 0.4) is 0 Å². The molecule has 12 heteroatoms. The van der Waals surface area contributed by atoms with E-state index in [1.54, 1.807) is 19.1 Å². The number of aryl methyl sites for hydroxylation is 2. The van der Waals surface area contributed by atoms with E-state index < -0.39 is 45.9 Å². The molecule has 0 saturated carbocycles. The Kier molecular flexibility index (Phi) is 7.15. The third-order valence-corrected chi connectivity index (χ3v) is 7.49. The number of likely N-dealkylation sites (N-methyl/N-ethyl adjacent to an activating group) is 2. The summed E-state index contributed by atoms with van der Waals surface area (Å²) in [5.74, 6) is -4.60. The van der Waals surface area contributed by atoms with Crippen LogP contribution in [0.25, 0.3) is 0 Å². The lowest BCUT2D eigenvalue weighted by molar-refractivity contribution is -0.266. The lowest BCUT2D eigenvalue weighted by atomic mass is 9.87. The monoisotopic (exact) mass is 530 g/mol. The number of benzene rings is 1. The number of amides is 2. The summed E-state index contributed by atoms with van der Waals surface area (Å²) >= 11 is 0. The van der Waals surface area contributed by atoms with E-state index in [1.165, 1.54) is 39.2 Å². The number of methoxy groups -OCH3 is 1. The first-order valence-corrected chi connectivity index (χ1v) is 12.2. The number of carbonyl (C=O) groups is 3. The first-order valence-electron chi connectivity index (χ1n) is 12.2. The summed E-state index contributed by atoms with van der Waals surface area (Å²) < 4.78 is 26.4. The summed E-state index contributed by atoms with van der Waals surface area (Å²) in [5.41, 5.74) is -1.55. The predicted molar refractivity (Wildman–Crippen MR) is 132 cm³/mol. The number of carbonyl (C=O) groups excluding carboxylic acids is 3. The van der Waals surface area contributed by atoms with Crippen molar-refractivity contribution in [1.82, 2.24) is 19.4 Å². The van der Waals surface area contributed by atoms with Crippen molar-refractivity contribution in [3.63, 3.8) is 0 Å². The quantitative estimate of drug-likeness (QED) is 0.434. The highest BCUT2D eigenvalue weighted by atomic mass is 19.1. The molecule has 11 nitrogen and oxygen atoms in total. The van der Waals surface area contributed by atoms with Crippen molar-refractivity contribution < 1.29 is 33.4 Å². The molecule has 2 bridgehead atoms. The molecule has 0 aliphatic carbocycles. The Morgan fingerprint density at radius 3 is 2.50 bits per heavy atom. The van der Waals surface area contributed by atoms with Gasteiger partial charge in [-0.1, -0.05) is 12.1 Å². The Morgan fingerprint density at radius 2 is 1.92 bits per heavy atom. The van der Waals surface area contributed by atoms with Crippen LogP contribution in [0.1, 0.15) is 46.7 Å². The molecule has 2 unspecified atom stereocenters. The number of Topliss-reactive ketones (excluding diaryl/α,β-unsaturated/α-hetero) is 1. The molecule has 1 fully saturated rings. The summed E-state index contributed by atoms with van der Waals surface area (Å²) in [4.78, 5) is 59.0. The highest BCUT2D eigenvalue weighted by Gasteiger charge is 2.56. The fourth-order valence-corrected chi connectivity index (χ4v) is 4.98. The van der Waals surface area contributed by atoms with Gasteiger partial charge in [-0.15, -0.1) is 0 Å². The predicted octanol–water partition coefficient (Wildman–Crippen LogP) is 1.12. The number of hydrogen-bond acceptors (Lipinski definition) is 8. The number of aromatic nitrogens is 2. The van der Waals surface area contributed by atoms with E-state index in [0.717, 1.165) is 9.47 Å². The van der Waals surface area contributed by atoms with Crippen molar-refractivity contribution in [2.75, 3.05) is 34.9 Å². The van der Waals surface area contributed by atoms with Gasteiger partial charge in [0.1, 0.15) is 17.2 Å². The van der Waals surface area contributed by atoms with Crippen molar-refractivity contribution in [2.45, 2.75) is 50.5 Å². The van der Waals surface area contributed by atoms with Crippen molar-refractivity contribution in [2.24, 2.45) is 0 Å². The van der Waals surface area contributed by atoms with Crippen molar-refractivity contribution in [3.05, 3.63) is 57.0 Å². The Labute approximate surface area is 218 Å². The number of nitrogens with zero attached hydrogens (tertiary/aromatic N) is 4. The fraction of sp³-hybridized carbons (Fsp3) is 0.500. The van der Waals surface area contributed by atoms with Gasteiger partial charge in [0.15, 0.2) is 17.3 Å². The molecule has 1 N–H and O–H groups in total. The third-order valence-electron chi connectivity index (χ3n) is 7.49. The maximum Gasteiger partial charge on any atom is 0.312 e. The third kappa shape index (κ3) is 4.47. The second-order valence-corrected chi connectivity index (χ2v) is 10.0. The molecule has 3 aliphatic heterocycles. The Morgan fingerprint density at radius 1 is 1.21 bits per heavy atom. The van der Waals surface area contributed by atoms with Gasteiger partial charge in [-0.2, -0.15) is 0 Å². The summed E-state index contributed by atoms with van der Waals surface area (Å²) in [6, 6.07) is 4.50. The Hall–Kier alpha value is -3.64. The van der Waals surface area contributed by atoms with E-state index >= 15 is 0 Å². The maximum atomic E-state index is 13.6. The highest BCUT2D eigenvalue weighted by Crippen LogP contribution is 2.45. The molecular formula is C26H31FN4O7. The standard InChI is InChI=1S/C26H31FN4O7/c1-15-12-16(6-8-17(15)27)7-9-18(32)19-20(33)21(34)31-13-26(37-5)11-10-25(14-38-26,24(31)28-19)30(4)23(36)22(35)29(2)3/h6,8,12,33H,7,9-11,13-14H2,1-5H3. The summed E-state index contributed by atoms with van der Waals surface area (Å²) in [5, 5.41) is 10.7. The summed E-state index contributed by atoms with van der Waals surface area (Å²) in [6.07, 6.45) is 0.613. The minimum absolute atomic E-state index is 0.0279. The second-order valence-electron chi connectivity index (χ2n) is 10.0. The number of hydrogen-bond donors (Lipinski definition) is 1. The average molecular weight is 531 g/mol. The zero-order valence-electron chi connectivity index (χ0n) is 22.0. The van der Waals surface area contributed by atoms with Crippen molar-refractivity contribution in [3.8, 4) is 5.75 Å². The maximum absolute atomic E-state index is 13.6. The normalized spacial score (nSPS) is 21.9. The molecule has 1 saturated heterocycles. The van der Waals surface area contributed by atoms with E-state index in [2.05, 4.69) is 4.98 Å². The van der Waals surface area contributed by atoms with Gasteiger partial charge in [-0.05, 0) is 37.0 Å². The lowest BCUT2D eigenvalue weighted by Crippen LogP contribution is -2.58. The molecule has 1 aromatic carbocycles. The molecule has 0 spiro atoms. The van der Waals surface area contributed by atoms with Gasteiger partial charge in [-0.25, -0.2) is 9.37 Å². The van der Waals surface area contributed by atoms with Gasteiger partial charge >= 0.3 is 11.8 Å². The largest absolute Gasteiger partial charge is 0.501 e. The van der Waals surface area contributed by atoms with Crippen LogP contribution in [0.15, 0.2) is 23.0 Å². The van der Waals surface area contributed by atoms with Crippen LogP contribution < -0.4 is 5.56 Å². The zero-order valence-corrected chi connectivity index (χ0v) is 22.0. The minimum Gasteiger partial charge on any atom is -0.501 e. The van der Waals surface area contributed by atoms with Crippen LogP contribution in [-0.2, 0) is 37.6 Å². The number of fused-ring (bicyclic) bond motifs is 2. The van der Waals surface area contributed by atoms with Crippen LogP contribution >= 0.6 is 0 Å². The van der Waals surface area contributed by atoms with Gasteiger partial charge in [0.2, 0.25) is 5.75 Å². The lowest BCUT2D eigenvalue weighted by Gasteiger charge is -2.45. The second kappa shape index (κ2) is 9.91. The Balaban J connectivity index is 1.78. The van der Waals surface area contributed by atoms with Crippen LogP contribution in [0.5, 0.6) is 5.75 Å². The number of ether oxygens (including phenoxy) is 2. The molecule has 0 radical (unpaired) electrons. The molecule has 38 heavy (non-hydrogen) atoms. The number of ketones is 1. The molecule has 2 aromatic rings. The first-order chi connectivity index (χ1) is 17.9. The summed E-state index contributed by atoms with van der Waals surface area (Å²) in [7, 11) is 5.73. The molecule has 5 rings (SSSR count). The van der Waals surface area contributed by atoms with Crippen molar-refractivity contribution in [1.29, 1.82) is 0 Å². The van der Waals surface area contributed by atoms with Gasteiger partial charge in [-0.3, -0.25) is 23.7 Å². The topological polar surface area (TPSA) is 131 Å². The average Bonchev–Trinajstić information content (AvgIpc) is 3.14. The highest BCUT2D eigenvalue weighted by molar-refractivity contribution is 6.34. The van der Waals surface area contributed by atoms with E-state index in [1.807, 2.05) is 0 Å². The fourth-order valence-electron chi connectivity index (χ4n) is 4.98. The van der Waals surface area contributed by atoms with E-state index in [0.29, 0.717) is 11.1 Å². The number of aromatic hydroxyl groups is 1.